The van der Waals surface area contributed by atoms with E-state index in [1.54, 1.807) is 24.3 Å². The van der Waals surface area contributed by atoms with Gasteiger partial charge >= 0.3 is 0 Å². The first-order chi connectivity index (χ1) is 15.4. The highest BCUT2D eigenvalue weighted by molar-refractivity contribution is 6.15. The number of amides is 3. The second-order valence-electron chi connectivity index (χ2n) is 8.76. The normalized spacial score (nSPS) is 28.4. The van der Waals surface area contributed by atoms with Gasteiger partial charge in [0.2, 0.25) is 17.7 Å². The van der Waals surface area contributed by atoms with E-state index in [9.17, 15) is 23.9 Å². The molecule has 3 aliphatic heterocycles. The van der Waals surface area contributed by atoms with Gasteiger partial charge in [-0.2, -0.15) is 0 Å². The second-order valence-corrected chi connectivity index (χ2v) is 8.76. The number of phenols is 1. The highest BCUT2D eigenvalue weighted by Gasteiger charge is 2.70. The number of rotatable bonds is 5. The Morgan fingerprint density at radius 3 is 2.56 bits per heavy atom. The number of imide groups is 1. The molecule has 0 radical (unpaired) electrons. The Kier molecular flexibility index (Phi) is 4.78. The first-order valence-corrected chi connectivity index (χ1v) is 10.9. The topological polar surface area (TPSA) is 98.7 Å². The van der Waals surface area contributed by atoms with E-state index in [2.05, 4.69) is 10.6 Å². The van der Waals surface area contributed by atoms with Gasteiger partial charge in [0.15, 0.2) is 0 Å². The number of carbonyl (C=O) groups excluding carboxylic acids is 3. The number of unbranched alkanes of at least 4 members (excludes halogenated alkanes) is 1. The molecule has 3 heterocycles. The van der Waals surface area contributed by atoms with E-state index in [0.29, 0.717) is 30.6 Å². The van der Waals surface area contributed by atoms with Crippen LogP contribution in [0.3, 0.4) is 0 Å². The van der Waals surface area contributed by atoms with E-state index < -0.39 is 35.1 Å². The van der Waals surface area contributed by atoms with E-state index in [-0.39, 0.29) is 17.6 Å². The maximum atomic E-state index is 14.2. The predicted molar refractivity (Wildman–Crippen MR) is 114 cm³/mol. The molecule has 4 atom stereocenters. The molecule has 166 valence electrons. The molecule has 2 fully saturated rings. The van der Waals surface area contributed by atoms with Crippen LogP contribution in [0.15, 0.2) is 42.5 Å². The average Bonchev–Trinajstić information content (AvgIpc) is 3.34. The zero-order valence-corrected chi connectivity index (χ0v) is 17.6. The first kappa shape index (κ1) is 20.6. The molecule has 0 saturated carbocycles. The van der Waals surface area contributed by atoms with Gasteiger partial charge in [-0.05, 0) is 48.7 Å². The molecule has 3 aliphatic rings. The SMILES string of the molecule is CCCCN1C(=O)C2C(Cc3ccc(O)cc3)NC3(C(=O)Nc4ccc(F)cc43)C2C1=O. The van der Waals surface area contributed by atoms with Crippen molar-refractivity contribution in [1.82, 2.24) is 10.2 Å². The summed E-state index contributed by atoms with van der Waals surface area (Å²) < 4.78 is 14.2. The fraction of sp³-hybridized carbons (Fsp3) is 0.375. The molecule has 32 heavy (non-hydrogen) atoms. The monoisotopic (exact) mass is 437 g/mol. The smallest absolute Gasteiger partial charge is 0.250 e. The summed E-state index contributed by atoms with van der Waals surface area (Å²) in [5.74, 6) is -3.20. The fourth-order valence-corrected chi connectivity index (χ4v) is 5.43. The van der Waals surface area contributed by atoms with Crippen molar-refractivity contribution < 1.29 is 23.9 Å². The summed E-state index contributed by atoms with van der Waals surface area (Å²) >= 11 is 0. The molecule has 8 heteroatoms. The summed E-state index contributed by atoms with van der Waals surface area (Å²) in [6.07, 6.45) is 1.88. The molecule has 0 bridgehead atoms. The molecule has 5 rings (SSSR count). The number of fused-ring (bicyclic) bond motifs is 4. The Morgan fingerprint density at radius 2 is 1.84 bits per heavy atom. The van der Waals surface area contributed by atoms with Crippen molar-refractivity contribution in [3.63, 3.8) is 0 Å². The number of likely N-dealkylation sites (tertiary alicyclic amines) is 1. The van der Waals surface area contributed by atoms with Gasteiger partial charge in [-0.15, -0.1) is 0 Å². The van der Waals surface area contributed by atoms with Crippen molar-refractivity contribution in [3.8, 4) is 5.75 Å². The van der Waals surface area contributed by atoms with Crippen molar-refractivity contribution in [1.29, 1.82) is 0 Å². The summed E-state index contributed by atoms with van der Waals surface area (Å²) in [7, 11) is 0. The quantitative estimate of drug-likeness (QED) is 0.624. The van der Waals surface area contributed by atoms with Crippen LogP contribution in [0.4, 0.5) is 10.1 Å². The Morgan fingerprint density at radius 1 is 1.09 bits per heavy atom. The average molecular weight is 437 g/mol. The lowest BCUT2D eigenvalue weighted by molar-refractivity contribution is -0.142. The van der Waals surface area contributed by atoms with Crippen LogP contribution in [0.25, 0.3) is 0 Å². The molecule has 3 N–H and O–H groups in total. The lowest BCUT2D eigenvalue weighted by atomic mass is 9.76. The van der Waals surface area contributed by atoms with Crippen LogP contribution in [-0.2, 0) is 26.3 Å². The molecular formula is C24H24FN3O4. The van der Waals surface area contributed by atoms with E-state index in [0.717, 1.165) is 12.0 Å². The van der Waals surface area contributed by atoms with Crippen molar-refractivity contribution >= 4 is 23.4 Å². The van der Waals surface area contributed by atoms with Crippen LogP contribution >= 0.6 is 0 Å². The van der Waals surface area contributed by atoms with Crippen LogP contribution in [0, 0.1) is 17.7 Å². The Bertz CT molecular complexity index is 1120. The second kappa shape index (κ2) is 7.41. The van der Waals surface area contributed by atoms with Gasteiger partial charge in [0.05, 0.1) is 11.8 Å². The number of nitrogens with zero attached hydrogens (tertiary/aromatic N) is 1. The molecule has 2 aromatic rings. The van der Waals surface area contributed by atoms with E-state index in [1.165, 1.54) is 23.1 Å². The van der Waals surface area contributed by atoms with Gasteiger partial charge in [-0.25, -0.2) is 4.39 Å². The van der Waals surface area contributed by atoms with E-state index in [4.69, 9.17) is 0 Å². The fourth-order valence-electron chi connectivity index (χ4n) is 5.43. The minimum absolute atomic E-state index is 0.125. The molecule has 4 unspecified atom stereocenters. The van der Waals surface area contributed by atoms with Gasteiger partial charge in [-0.1, -0.05) is 25.5 Å². The summed E-state index contributed by atoms with van der Waals surface area (Å²) in [5.41, 5.74) is 0.155. The van der Waals surface area contributed by atoms with Crippen LogP contribution in [0.5, 0.6) is 5.75 Å². The molecule has 3 amide bonds. The number of halogens is 1. The molecule has 7 nitrogen and oxygen atoms in total. The van der Waals surface area contributed by atoms with Gasteiger partial charge in [0, 0.05) is 23.8 Å². The number of benzene rings is 2. The third kappa shape index (κ3) is 2.86. The molecule has 0 aliphatic carbocycles. The standard InChI is InChI=1S/C24H24FN3O4/c1-2-3-10-28-21(30)19-18(11-13-4-7-15(29)8-5-13)27-24(20(19)22(28)31)16-12-14(25)6-9-17(16)26-23(24)32/h4-9,12,18-20,27,29H,2-3,10-11H2,1H3,(H,26,32). The summed E-state index contributed by atoms with van der Waals surface area (Å²) in [4.78, 5) is 41.5. The van der Waals surface area contributed by atoms with E-state index in [1.807, 2.05) is 6.92 Å². The number of nitrogens with one attached hydrogen (secondary N) is 2. The lowest BCUT2D eigenvalue weighted by Crippen LogP contribution is -2.53. The summed E-state index contributed by atoms with van der Waals surface area (Å²) in [6.45, 7) is 2.28. The Labute approximate surface area is 184 Å². The Hall–Kier alpha value is -3.26. The lowest BCUT2D eigenvalue weighted by Gasteiger charge is -2.29. The number of hydrogen-bond donors (Lipinski definition) is 3. The largest absolute Gasteiger partial charge is 0.508 e. The molecule has 2 saturated heterocycles. The number of aromatic hydroxyl groups is 1. The van der Waals surface area contributed by atoms with Gasteiger partial charge in [-0.3, -0.25) is 24.6 Å². The highest BCUT2D eigenvalue weighted by Crippen LogP contribution is 2.53. The molecular weight excluding hydrogens is 413 g/mol. The van der Waals surface area contributed by atoms with Gasteiger partial charge < -0.3 is 10.4 Å². The van der Waals surface area contributed by atoms with Crippen LogP contribution < -0.4 is 10.6 Å². The van der Waals surface area contributed by atoms with Crippen LogP contribution in [-0.4, -0.2) is 40.3 Å². The number of phenolic OH excluding ortho intramolecular Hbond substituents is 1. The summed E-state index contributed by atoms with van der Waals surface area (Å²) in [5, 5.41) is 15.7. The van der Waals surface area contributed by atoms with Crippen molar-refractivity contribution in [2.45, 2.75) is 37.8 Å². The molecule has 2 aromatic carbocycles. The number of anilines is 1. The minimum Gasteiger partial charge on any atom is -0.508 e. The third-order valence-corrected chi connectivity index (χ3v) is 6.90. The predicted octanol–water partition coefficient (Wildman–Crippen LogP) is 2.29. The van der Waals surface area contributed by atoms with Crippen molar-refractivity contribution in [2.75, 3.05) is 11.9 Å². The van der Waals surface area contributed by atoms with Crippen molar-refractivity contribution in [3.05, 3.63) is 59.4 Å². The minimum atomic E-state index is -1.50. The maximum absolute atomic E-state index is 14.2. The third-order valence-electron chi connectivity index (χ3n) is 6.90. The molecule has 1 spiro atoms. The van der Waals surface area contributed by atoms with Gasteiger partial charge in [0.25, 0.3) is 0 Å². The van der Waals surface area contributed by atoms with Crippen LogP contribution in [0.2, 0.25) is 0 Å². The zero-order chi connectivity index (χ0) is 22.6. The first-order valence-electron chi connectivity index (χ1n) is 10.9. The maximum Gasteiger partial charge on any atom is 0.250 e. The van der Waals surface area contributed by atoms with E-state index >= 15 is 0 Å². The van der Waals surface area contributed by atoms with Crippen molar-refractivity contribution in [2.24, 2.45) is 11.8 Å². The summed E-state index contributed by atoms with van der Waals surface area (Å²) in [6, 6.07) is 10.1. The van der Waals surface area contributed by atoms with Gasteiger partial charge in [0.1, 0.15) is 17.1 Å². The number of carbonyl (C=O) groups is 3. The highest BCUT2D eigenvalue weighted by atomic mass is 19.1. The molecule has 0 aromatic heterocycles. The number of hydrogen-bond acceptors (Lipinski definition) is 5. The Balaban J connectivity index is 1.61. The zero-order valence-electron chi connectivity index (χ0n) is 17.6. The van der Waals surface area contributed by atoms with Crippen LogP contribution in [0.1, 0.15) is 30.9 Å².